The lowest BCUT2D eigenvalue weighted by molar-refractivity contribution is -0.139. The molecular formula is C24H23N3O3. The molecule has 1 aliphatic heterocycles. The minimum absolute atomic E-state index is 0.124. The Morgan fingerprint density at radius 3 is 2.40 bits per heavy atom. The summed E-state index contributed by atoms with van der Waals surface area (Å²) >= 11 is 0. The van der Waals surface area contributed by atoms with Gasteiger partial charge in [-0.1, -0.05) is 54.6 Å². The molecule has 3 aromatic rings. The van der Waals surface area contributed by atoms with E-state index >= 15 is 0 Å². The summed E-state index contributed by atoms with van der Waals surface area (Å²) in [6.45, 7) is 1.86. The highest BCUT2D eigenvalue weighted by Crippen LogP contribution is 2.37. The Morgan fingerprint density at radius 1 is 1.00 bits per heavy atom. The first-order valence-electron chi connectivity index (χ1n) is 9.90. The summed E-state index contributed by atoms with van der Waals surface area (Å²) in [7, 11) is 1.55. The van der Waals surface area contributed by atoms with Crippen LogP contribution in [0.1, 0.15) is 22.8 Å². The molecule has 0 saturated heterocycles. The summed E-state index contributed by atoms with van der Waals surface area (Å²) in [6, 6.07) is 20.1. The Balaban J connectivity index is 1.64. The maximum absolute atomic E-state index is 13.3. The van der Waals surface area contributed by atoms with Gasteiger partial charge in [0.05, 0.1) is 5.69 Å². The highest BCUT2D eigenvalue weighted by Gasteiger charge is 2.34. The zero-order valence-corrected chi connectivity index (χ0v) is 17.0. The summed E-state index contributed by atoms with van der Waals surface area (Å²) in [5.74, 6) is -0.729. The normalized spacial score (nSPS) is 13.4. The number of likely N-dealkylation sites (N-methyl/N-ethyl adjacent to an activating group) is 1. The molecule has 0 spiro atoms. The minimum atomic E-state index is -0.668. The van der Waals surface area contributed by atoms with E-state index < -0.39 is 6.04 Å². The maximum Gasteiger partial charge on any atom is 0.259 e. The van der Waals surface area contributed by atoms with Crippen molar-refractivity contribution in [3.63, 3.8) is 0 Å². The average Bonchev–Trinajstić information content (AvgIpc) is 3.05. The first kappa shape index (κ1) is 19.6. The van der Waals surface area contributed by atoms with Crippen LogP contribution in [0.5, 0.6) is 0 Å². The quantitative estimate of drug-likeness (QED) is 0.690. The number of nitrogens with one attached hydrogen (secondary N) is 1. The monoisotopic (exact) mass is 401 g/mol. The Kier molecular flexibility index (Phi) is 5.23. The fourth-order valence-electron chi connectivity index (χ4n) is 3.93. The molecule has 1 heterocycles. The number of amides is 3. The van der Waals surface area contributed by atoms with E-state index in [-0.39, 0.29) is 30.8 Å². The second-order valence-electron chi connectivity index (χ2n) is 7.37. The number of benzene rings is 3. The Bertz CT molecular complexity index is 1120. The largest absolute Gasteiger partial charge is 0.357 e. The Labute approximate surface area is 175 Å². The number of carbonyl (C=O) groups excluding carboxylic acids is 3. The van der Waals surface area contributed by atoms with Gasteiger partial charge >= 0.3 is 0 Å². The van der Waals surface area contributed by atoms with Gasteiger partial charge in [0.1, 0.15) is 12.6 Å². The molecule has 0 aromatic heterocycles. The Morgan fingerprint density at radius 2 is 1.70 bits per heavy atom. The number of hydrogen-bond acceptors (Lipinski definition) is 3. The molecule has 1 atom stereocenters. The number of anilines is 1. The van der Waals surface area contributed by atoms with Crippen molar-refractivity contribution in [2.24, 2.45) is 0 Å². The first-order chi connectivity index (χ1) is 14.5. The van der Waals surface area contributed by atoms with Crippen molar-refractivity contribution >= 4 is 34.2 Å². The average molecular weight is 401 g/mol. The molecule has 0 saturated carbocycles. The molecule has 0 bridgehead atoms. The molecule has 6 nitrogen and oxygen atoms in total. The van der Waals surface area contributed by atoms with E-state index in [1.54, 1.807) is 20.0 Å². The van der Waals surface area contributed by atoms with Gasteiger partial charge in [-0.2, -0.15) is 0 Å². The van der Waals surface area contributed by atoms with Crippen LogP contribution >= 0.6 is 0 Å². The third-order valence-corrected chi connectivity index (χ3v) is 5.55. The molecule has 4 rings (SSSR count). The Hall–Kier alpha value is -3.67. The SMILES string of the molecule is CNC(=O)[C@@H](C)N(Cc1ccccc1)C(=O)CN1C(=O)c2cccc3cccc1c23. The molecule has 3 amide bonds. The maximum atomic E-state index is 13.3. The van der Waals surface area contributed by atoms with E-state index in [4.69, 9.17) is 0 Å². The first-order valence-corrected chi connectivity index (χ1v) is 9.90. The van der Waals surface area contributed by atoms with Crippen LogP contribution in [0.25, 0.3) is 10.8 Å². The van der Waals surface area contributed by atoms with Gasteiger partial charge in [-0.05, 0) is 30.0 Å². The van der Waals surface area contributed by atoms with Gasteiger partial charge in [-0.3, -0.25) is 19.3 Å². The summed E-state index contributed by atoms with van der Waals surface area (Å²) in [6.07, 6.45) is 0. The lowest BCUT2D eigenvalue weighted by atomic mass is 10.1. The van der Waals surface area contributed by atoms with Crippen molar-refractivity contribution < 1.29 is 14.4 Å². The predicted molar refractivity (Wildman–Crippen MR) is 116 cm³/mol. The van der Waals surface area contributed by atoms with Crippen molar-refractivity contribution in [3.8, 4) is 0 Å². The van der Waals surface area contributed by atoms with Gasteiger partial charge in [-0.25, -0.2) is 0 Å². The van der Waals surface area contributed by atoms with Crippen LogP contribution < -0.4 is 10.2 Å². The lowest BCUT2D eigenvalue weighted by Crippen LogP contribution is -2.50. The second-order valence-corrected chi connectivity index (χ2v) is 7.37. The van der Waals surface area contributed by atoms with E-state index in [2.05, 4.69) is 5.32 Å². The van der Waals surface area contributed by atoms with Crippen LogP contribution in [0.2, 0.25) is 0 Å². The zero-order chi connectivity index (χ0) is 21.3. The molecule has 0 radical (unpaired) electrons. The summed E-state index contributed by atoms with van der Waals surface area (Å²) < 4.78 is 0. The molecule has 0 unspecified atom stereocenters. The van der Waals surface area contributed by atoms with Gasteiger partial charge in [0.25, 0.3) is 5.91 Å². The van der Waals surface area contributed by atoms with Crippen molar-refractivity contribution in [3.05, 3.63) is 77.9 Å². The van der Waals surface area contributed by atoms with Gasteiger partial charge in [0.2, 0.25) is 11.8 Å². The third-order valence-electron chi connectivity index (χ3n) is 5.55. The summed E-state index contributed by atoms with van der Waals surface area (Å²) in [5.41, 5.74) is 2.25. The molecule has 30 heavy (non-hydrogen) atoms. The zero-order valence-electron chi connectivity index (χ0n) is 17.0. The highest BCUT2D eigenvalue weighted by atomic mass is 16.2. The van der Waals surface area contributed by atoms with Crippen LogP contribution in [0.15, 0.2) is 66.7 Å². The van der Waals surface area contributed by atoms with Gasteiger partial charge in [0, 0.05) is 24.5 Å². The van der Waals surface area contributed by atoms with E-state index in [0.29, 0.717) is 5.56 Å². The standard InChI is InChI=1S/C24H23N3O3/c1-16(23(29)25-2)26(14-17-8-4-3-5-9-17)21(28)15-27-20-13-7-11-18-10-6-12-19(22(18)20)24(27)30/h3-13,16H,14-15H2,1-2H3,(H,25,29)/t16-/m1/s1. The van der Waals surface area contributed by atoms with Crippen molar-refractivity contribution in [2.75, 3.05) is 18.5 Å². The molecule has 1 N–H and O–H groups in total. The number of hydrogen-bond donors (Lipinski definition) is 1. The summed E-state index contributed by atoms with van der Waals surface area (Å²) in [4.78, 5) is 41.7. The van der Waals surface area contributed by atoms with Crippen molar-refractivity contribution in [2.45, 2.75) is 19.5 Å². The van der Waals surface area contributed by atoms with Crippen LogP contribution in [-0.4, -0.2) is 42.3 Å². The van der Waals surface area contributed by atoms with Crippen LogP contribution in [0, 0.1) is 0 Å². The third kappa shape index (κ3) is 3.41. The molecular weight excluding hydrogens is 378 g/mol. The minimum Gasteiger partial charge on any atom is -0.357 e. The van der Waals surface area contributed by atoms with Crippen LogP contribution in [0.4, 0.5) is 5.69 Å². The number of nitrogens with zero attached hydrogens (tertiary/aromatic N) is 2. The number of rotatable bonds is 6. The van der Waals surface area contributed by atoms with Gasteiger partial charge in [-0.15, -0.1) is 0 Å². The molecule has 6 heteroatoms. The van der Waals surface area contributed by atoms with E-state index in [9.17, 15) is 14.4 Å². The van der Waals surface area contributed by atoms with Gasteiger partial charge in [0.15, 0.2) is 0 Å². The topological polar surface area (TPSA) is 69.7 Å². The number of carbonyl (C=O) groups is 3. The molecule has 0 aliphatic carbocycles. The molecule has 152 valence electrons. The van der Waals surface area contributed by atoms with E-state index in [0.717, 1.165) is 22.0 Å². The fraction of sp³-hybridized carbons (Fsp3) is 0.208. The highest BCUT2D eigenvalue weighted by molar-refractivity contribution is 6.26. The van der Waals surface area contributed by atoms with Crippen LogP contribution in [0.3, 0.4) is 0 Å². The lowest BCUT2D eigenvalue weighted by Gasteiger charge is -2.30. The fourth-order valence-corrected chi connectivity index (χ4v) is 3.93. The van der Waals surface area contributed by atoms with E-state index in [1.807, 2.05) is 60.7 Å². The van der Waals surface area contributed by atoms with Crippen molar-refractivity contribution in [1.29, 1.82) is 0 Å². The molecule has 3 aromatic carbocycles. The summed E-state index contributed by atoms with van der Waals surface area (Å²) in [5, 5.41) is 4.44. The smallest absolute Gasteiger partial charge is 0.259 e. The van der Waals surface area contributed by atoms with Gasteiger partial charge < -0.3 is 10.2 Å². The second kappa shape index (κ2) is 7.99. The van der Waals surface area contributed by atoms with E-state index in [1.165, 1.54) is 9.80 Å². The molecule has 1 aliphatic rings. The predicted octanol–water partition coefficient (Wildman–Crippen LogP) is 2.96. The van der Waals surface area contributed by atoms with Crippen LogP contribution in [-0.2, 0) is 16.1 Å². The molecule has 0 fully saturated rings. The van der Waals surface area contributed by atoms with Crippen molar-refractivity contribution in [1.82, 2.24) is 10.2 Å².